The van der Waals surface area contributed by atoms with Crippen molar-refractivity contribution >= 4 is 0 Å². The van der Waals surface area contributed by atoms with Crippen LogP contribution in [0.1, 0.15) is 12.0 Å². The average molecular weight is 258 g/mol. The van der Waals surface area contributed by atoms with Gasteiger partial charge in [-0.15, -0.1) is 0 Å². The van der Waals surface area contributed by atoms with E-state index in [1.807, 2.05) is 30.3 Å². The highest BCUT2D eigenvalue weighted by atomic mass is 16.5. The SMILES string of the molecule is NCc1ccc(OCCCn2ccccc2=O)cc1. The van der Waals surface area contributed by atoms with E-state index in [4.69, 9.17) is 10.5 Å². The van der Waals surface area contributed by atoms with Crippen LogP contribution in [0.3, 0.4) is 0 Å². The van der Waals surface area contributed by atoms with Gasteiger partial charge in [0.1, 0.15) is 5.75 Å². The van der Waals surface area contributed by atoms with Crippen LogP contribution >= 0.6 is 0 Å². The summed E-state index contributed by atoms with van der Waals surface area (Å²) in [6.07, 6.45) is 2.58. The maximum absolute atomic E-state index is 11.5. The van der Waals surface area contributed by atoms with E-state index in [1.165, 1.54) is 0 Å². The molecule has 0 amide bonds. The van der Waals surface area contributed by atoms with Gasteiger partial charge in [-0.1, -0.05) is 18.2 Å². The zero-order valence-electron chi connectivity index (χ0n) is 10.8. The molecule has 0 bridgehead atoms. The quantitative estimate of drug-likeness (QED) is 0.803. The minimum atomic E-state index is 0.0230. The lowest BCUT2D eigenvalue weighted by molar-refractivity contribution is 0.301. The lowest BCUT2D eigenvalue weighted by Gasteiger charge is -2.08. The second kappa shape index (κ2) is 6.75. The largest absolute Gasteiger partial charge is 0.494 e. The zero-order chi connectivity index (χ0) is 13.5. The van der Waals surface area contributed by atoms with E-state index in [-0.39, 0.29) is 5.56 Å². The molecule has 2 N–H and O–H groups in total. The molecule has 0 unspecified atom stereocenters. The van der Waals surface area contributed by atoms with Crippen LogP contribution in [0.15, 0.2) is 53.5 Å². The number of benzene rings is 1. The summed E-state index contributed by atoms with van der Waals surface area (Å²) >= 11 is 0. The predicted octanol–water partition coefficient (Wildman–Crippen LogP) is 1.78. The molecule has 0 aliphatic heterocycles. The molecule has 19 heavy (non-hydrogen) atoms. The van der Waals surface area contributed by atoms with Gasteiger partial charge in [0.05, 0.1) is 6.61 Å². The topological polar surface area (TPSA) is 57.2 Å². The van der Waals surface area contributed by atoms with Crippen LogP contribution in [0.4, 0.5) is 0 Å². The van der Waals surface area contributed by atoms with Crippen molar-refractivity contribution in [2.24, 2.45) is 5.73 Å². The fourth-order valence-electron chi connectivity index (χ4n) is 1.79. The summed E-state index contributed by atoms with van der Waals surface area (Å²) in [5, 5.41) is 0. The van der Waals surface area contributed by atoms with Gasteiger partial charge in [0.15, 0.2) is 0 Å². The summed E-state index contributed by atoms with van der Waals surface area (Å²) in [7, 11) is 0. The van der Waals surface area contributed by atoms with Gasteiger partial charge < -0.3 is 15.0 Å². The zero-order valence-corrected chi connectivity index (χ0v) is 10.8. The van der Waals surface area contributed by atoms with Crippen LogP contribution in [-0.4, -0.2) is 11.2 Å². The van der Waals surface area contributed by atoms with Crippen LogP contribution in [-0.2, 0) is 13.1 Å². The van der Waals surface area contributed by atoms with E-state index in [9.17, 15) is 4.79 Å². The first-order valence-corrected chi connectivity index (χ1v) is 6.37. The second-order valence-corrected chi connectivity index (χ2v) is 4.28. The van der Waals surface area contributed by atoms with Crippen LogP contribution in [0.2, 0.25) is 0 Å². The smallest absolute Gasteiger partial charge is 0.250 e. The molecule has 1 aromatic heterocycles. The highest BCUT2D eigenvalue weighted by molar-refractivity contribution is 5.26. The third kappa shape index (κ3) is 3.96. The summed E-state index contributed by atoms with van der Waals surface area (Å²) in [5.41, 5.74) is 6.64. The van der Waals surface area contributed by atoms with Gasteiger partial charge in [-0.2, -0.15) is 0 Å². The predicted molar refractivity (Wildman–Crippen MR) is 75.1 cm³/mol. The fraction of sp³-hybridized carbons (Fsp3) is 0.267. The molecule has 0 aliphatic rings. The molecule has 0 spiro atoms. The number of nitrogens with zero attached hydrogens (tertiary/aromatic N) is 1. The Balaban J connectivity index is 1.77. The number of pyridine rings is 1. The Bertz CT molecular complexity index is 561. The van der Waals surface area contributed by atoms with E-state index in [0.717, 1.165) is 17.7 Å². The van der Waals surface area contributed by atoms with Gasteiger partial charge in [0.2, 0.25) is 5.56 Å². The lowest BCUT2D eigenvalue weighted by atomic mass is 10.2. The average Bonchev–Trinajstić information content (AvgIpc) is 2.46. The van der Waals surface area contributed by atoms with E-state index >= 15 is 0 Å². The molecule has 0 atom stereocenters. The number of rotatable bonds is 6. The summed E-state index contributed by atoms with van der Waals surface area (Å²) < 4.78 is 7.29. The number of aromatic nitrogens is 1. The van der Waals surface area contributed by atoms with Crippen molar-refractivity contribution in [3.05, 3.63) is 64.6 Å². The Morgan fingerprint density at radius 2 is 1.89 bits per heavy atom. The Morgan fingerprint density at radius 1 is 1.11 bits per heavy atom. The molecule has 0 saturated carbocycles. The number of hydrogen-bond acceptors (Lipinski definition) is 3. The first-order chi connectivity index (χ1) is 9.29. The molecule has 2 rings (SSSR count). The van der Waals surface area contributed by atoms with Gasteiger partial charge in [-0.05, 0) is 30.2 Å². The molecule has 2 aromatic rings. The normalized spacial score (nSPS) is 10.4. The van der Waals surface area contributed by atoms with Crippen molar-refractivity contribution in [1.82, 2.24) is 4.57 Å². The minimum absolute atomic E-state index is 0.0230. The minimum Gasteiger partial charge on any atom is -0.494 e. The van der Waals surface area contributed by atoms with E-state index in [1.54, 1.807) is 22.9 Å². The molecule has 0 fully saturated rings. The molecule has 1 heterocycles. The van der Waals surface area contributed by atoms with Crippen molar-refractivity contribution in [1.29, 1.82) is 0 Å². The molecule has 4 heteroatoms. The Morgan fingerprint density at radius 3 is 2.58 bits per heavy atom. The molecule has 0 aliphatic carbocycles. The van der Waals surface area contributed by atoms with Crippen molar-refractivity contribution in [3.8, 4) is 5.75 Å². The van der Waals surface area contributed by atoms with Crippen molar-refractivity contribution in [2.45, 2.75) is 19.5 Å². The van der Waals surface area contributed by atoms with Gasteiger partial charge in [-0.25, -0.2) is 0 Å². The van der Waals surface area contributed by atoms with E-state index < -0.39 is 0 Å². The van der Waals surface area contributed by atoms with Gasteiger partial charge in [0.25, 0.3) is 0 Å². The van der Waals surface area contributed by atoms with Crippen LogP contribution < -0.4 is 16.0 Å². The van der Waals surface area contributed by atoms with Crippen molar-refractivity contribution in [2.75, 3.05) is 6.61 Å². The standard InChI is InChI=1S/C15H18N2O2/c16-12-13-5-7-14(8-6-13)19-11-3-10-17-9-2-1-4-15(17)18/h1-2,4-9H,3,10-12,16H2. The Hall–Kier alpha value is -2.07. The third-order valence-corrected chi connectivity index (χ3v) is 2.87. The molecular weight excluding hydrogens is 240 g/mol. The molecule has 100 valence electrons. The monoisotopic (exact) mass is 258 g/mol. The highest BCUT2D eigenvalue weighted by Gasteiger charge is 1.96. The Kier molecular flexibility index (Phi) is 4.75. The second-order valence-electron chi connectivity index (χ2n) is 4.28. The summed E-state index contributed by atoms with van der Waals surface area (Å²) in [6.45, 7) is 1.79. The molecule has 0 radical (unpaired) electrons. The first-order valence-electron chi connectivity index (χ1n) is 6.37. The maximum Gasteiger partial charge on any atom is 0.250 e. The van der Waals surface area contributed by atoms with Crippen LogP contribution in [0.5, 0.6) is 5.75 Å². The molecule has 0 saturated heterocycles. The number of nitrogens with two attached hydrogens (primary N) is 1. The molecule has 1 aromatic carbocycles. The molecular formula is C15H18N2O2. The van der Waals surface area contributed by atoms with Crippen LogP contribution in [0, 0.1) is 0 Å². The summed E-state index contributed by atoms with van der Waals surface area (Å²) in [4.78, 5) is 11.5. The van der Waals surface area contributed by atoms with Gasteiger partial charge in [0, 0.05) is 25.4 Å². The summed E-state index contributed by atoms with van der Waals surface area (Å²) in [6, 6.07) is 12.9. The maximum atomic E-state index is 11.5. The van der Waals surface area contributed by atoms with Crippen molar-refractivity contribution < 1.29 is 4.74 Å². The van der Waals surface area contributed by atoms with Gasteiger partial charge in [-0.3, -0.25) is 4.79 Å². The Labute approximate surface area is 112 Å². The summed E-state index contributed by atoms with van der Waals surface area (Å²) in [5.74, 6) is 0.831. The number of aryl methyl sites for hydroxylation is 1. The lowest BCUT2D eigenvalue weighted by Crippen LogP contribution is -2.18. The van der Waals surface area contributed by atoms with E-state index in [2.05, 4.69) is 0 Å². The number of ether oxygens (including phenoxy) is 1. The highest BCUT2D eigenvalue weighted by Crippen LogP contribution is 2.11. The first kappa shape index (κ1) is 13.4. The van der Waals surface area contributed by atoms with Crippen molar-refractivity contribution in [3.63, 3.8) is 0 Å². The van der Waals surface area contributed by atoms with Gasteiger partial charge >= 0.3 is 0 Å². The third-order valence-electron chi connectivity index (χ3n) is 2.87. The molecule has 4 nitrogen and oxygen atoms in total. The fourth-order valence-corrected chi connectivity index (χ4v) is 1.79. The number of hydrogen-bond donors (Lipinski definition) is 1. The van der Waals surface area contributed by atoms with E-state index in [0.29, 0.717) is 19.7 Å². The van der Waals surface area contributed by atoms with Crippen LogP contribution in [0.25, 0.3) is 0 Å².